The molecular weight excluding hydrogens is 410 g/mol. The van der Waals surface area contributed by atoms with E-state index in [2.05, 4.69) is 20.5 Å². The van der Waals surface area contributed by atoms with Crippen molar-refractivity contribution in [3.05, 3.63) is 60.2 Å². The van der Waals surface area contributed by atoms with Gasteiger partial charge in [0.2, 0.25) is 0 Å². The number of nitriles is 1. The van der Waals surface area contributed by atoms with Gasteiger partial charge in [0.1, 0.15) is 11.8 Å². The molecule has 162 valence electrons. The molecule has 10 nitrogen and oxygen atoms in total. The van der Waals surface area contributed by atoms with Crippen LogP contribution in [0.2, 0.25) is 0 Å². The number of carbonyl (C=O) groups excluding carboxylic acids is 1. The number of hydrogen-bond acceptors (Lipinski definition) is 7. The number of nitrogens with one attached hydrogen (secondary N) is 1. The first kappa shape index (κ1) is 21.0. The smallest absolute Gasteiger partial charge is 0.259 e. The predicted molar refractivity (Wildman–Crippen MR) is 116 cm³/mol. The van der Waals surface area contributed by atoms with E-state index in [1.165, 1.54) is 18.0 Å². The number of amides is 1. The number of methoxy groups -OCH3 is 1. The summed E-state index contributed by atoms with van der Waals surface area (Å²) in [6.07, 6.45) is 4.86. The topological polar surface area (TPSA) is 130 Å². The average Bonchev–Trinajstić information content (AvgIpc) is 3.36. The molecule has 0 radical (unpaired) electrons. The van der Waals surface area contributed by atoms with Crippen molar-refractivity contribution in [1.82, 2.24) is 24.4 Å². The van der Waals surface area contributed by atoms with E-state index in [0.717, 1.165) is 0 Å². The molecule has 4 heterocycles. The van der Waals surface area contributed by atoms with Gasteiger partial charge in [0, 0.05) is 12.4 Å². The maximum atomic E-state index is 13.0. The van der Waals surface area contributed by atoms with E-state index < -0.39 is 5.60 Å². The van der Waals surface area contributed by atoms with E-state index in [4.69, 9.17) is 4.74 Å². The number of aromatic nitrogens is 5. The molecular formula is C22H21N7O3. The van der Waals surface area contributed by atoms with Crippen LogP contribution in [0.5, 0.6) is 5.75 Å². The second-order valence-electron chi connectivity index (χ2n) is 7.80. The van der Waals surface area contributed by atoms with Crippen LogP contribution in [0.25, 0.3) is 16.9 Å². The minimum atomic E-state index is -1.03. The van der Waals surface area contributed by atoms with Crippen LogP contribution in [-0.4, -0.2) is 48.1 Å². The van der Waals surface area contributed by atoms with Gasteiger partial charge < -0.3 is 15.2 Å². The third-order valence-corrected chi connectivity index (χ3v) is 4.66. The third kappa shape index (κ3) is 4.14. The first-order valence-electron chi connectivity index (χ1n) is 9.78. The maximum Gasteiger partial charge on any atom is 0.259 e. The van der Waals surface area contributed by atoms with Crippen molar-refractivity contribution in [3.8, 4) is 23.2 Å². The molecule has 0 aliphatic rings. The zero-order valence-electron chi connectivity index (χ0n) is 17.8. The third-order valence-electron chi connectivity index (χ3n) is 4.66. The Morgan fingerprint density at radius 3 is 2.84 bits per heavy atom. The van der Waals surface area contributed by atoms with Gasteiger partial charge in [-0.05, 0) is 38.1 Å². The highest BCUT2D eigenvalue weighted by molar-refractivity contribution is 6.09. The molecule has 0 spiro atoms. The molecule has 4 rings (SSSR count). The van der Waals surface area contributed by atoms with E-state index in [1.54, 1.807) is 49.0 Å². The summed E-state index contributed by atoms with van der Waals surface area (Å²) in [4.78, 5) is 17.4. The number of carbonyl (C=O) groups is 1. The van der Waals surface area contributed by atoms with Gasteiger partial charge in [-0.15, -0.1) is 0 Å². The van der Waals surface area contributed by atoms with Crippen LogP contribution < -0.4 is 10.1 Å². The van der Waals surface area contributed by atoms with Crippen LogP contribution in [0.3, 0.4) is 0 Å². The summed E-state index contributed by atoms with van der Waals surface area (Å²) in [6, 6.07) is 10.7. The Hall–Kier alpha value is -4.23. The van der Waals surface area contributed by atoms with E-state index in [9.17, 15) is 15.2 Å². The number of nitrogens with zero attached hydrogens (tertiary/aromatic N) is 6. The van der Waals surface area contributed by atoms with E-state index in [0.29, 0.717) is 33.9 Å². The molecule has 0 bridgehead atoms. The van der Waals surface area contributed by atoms with Crippen molar-refractivity contribution in [3.63, 3.8) is 0 Å². The van der Waals surface area contributed by atoms with Gasteiger partial charge in [-0.3, -0.25) is 9.48 Å². The standard InChI is InChI=1S/C22H21N7O3/c1-22(2,31)13-28-12-17(20(27-28)15-7-8-19(32-3)16(10-23)25-15)26-21(30)14-11-24-29-9-5-4-6-18(14)29/h4-9,11-12,31H,13H2,1-3H3,(H,26,30). The number of fused-ring (bicyclic) bond motifs is 1. The highest BCUT2D eigenvalue weighted by atomic mass is 16.5. The normalized spacial score (nSPS) is 11.3. The first-order chi connectivity index (χ1) is 15.3. The zero-order valence-corrected chi connectivity index (χ0v) is 17.8. The summed E-state index contributed by atoms with van der Waals surface area (Å²) in [5.41, 5.74) is 1.25. The average molecular weight is 431 g/mol. The largest absolute Gasteiger partial charge is 0.494 e. The molecule has 0 aliphatic carbocycles. The number of pyridine rings is 2. The Kier molecular flexibility index (Phi) is 5.34. The van der Waals surface area contributed by atoms with Gasteiger partial charge in [0.05, 0.1) is 47.9 Å². The van der Waals surface area contributed by atoms with Gasteiger partial charge >= 0.3 is 0 Å². The van der Waals surface area contributed by atoms with Crippen LogP contribution in [-0.2, 0) is 6.54 Å². The van der Waals surface area contributed by atoms with Crippen LogP contribution in [0, 0.1) is 11.3 Å². The lowest BCUT2D eigenvalue weighted by molar-refractivity contribution is 0.0578. The lowest BCUT2D eigenvalue weighted by Gasteiger charge is -2.16. The molecule has 0 saturated heterocycles. The molecule has 0 unspecified atom stereocenters. The molecule has 0 fully saturated rings. The minimum absolute atomic E-state index is 0.0990. The fourth-order valence-electron chi connectivity index (χ4n) is 3.30. The molecule has 2 N–H and O–H groups in total. The summed E-state index contributed by atoms with van der Waals surface area (Å²) < 4.78 is 8.30. The van der Waals surface area contributed by atoms with Gasteiger partial charge in [-0.1, -0.05) is 6.07 Å². The van der Waals surface area contributed by atoms with E-state index in [-0.39, 0.29) is 18.1 Å². The van der Waals surface area contributed by atoms with Gasteiger partial charge in [-0.25, -0.2) is 9.50 Å². The Labute approximate surface area is 183 Å². The van der Waals surface area contributed by atoms with Crippen LogP contribution in [0.1, 0.15) is 29.9 Å². The lowest BCUT2D eigenvalue weighted by Crippen LogP contribution is -2.26. The Bertz CT molecular complexity index is 1340. The van der Waals surface area contributed by atoms with Crippen molar-refractivity contribution in [2.24, 2.45) is 0 Å². The highest BCUT2D eigenvalue weighted by Gasteiger charge is 2.22. The number of ether oxygens (including phenoxy) is 1. The summed E-state index contributed by atoms with van der Waals surface area (Å²) in [5.74, 6) is -0.0339. The molecule has 0 atom stereocenters. The zero-order chi connectivity index (χ0) is 22.9. The van der Waals surface area contributed by atoms with Crippen molar-refractivity contribution in [2.45, 2.75) is 26.0 Å². The Morgan fingerprint density at radius 2 is 2.12 bits per heavy atom. The highest BCUT2D eigenvalue weighted by Crippen LogP contribution is 2.29. The summed E-state index contributed by atoms with van der Waals surface area (Å²) in [6.45, 7) is 3.50. The molecule has 0 saturated carbocycles. The van der Waals surface area contributed by atoms with Crippen molar-refractivity contribution >= 4 is 17.1 Å². The fourth-order valence-corrected chi connectivity index (χ4v) is 3.30. The molecule has 4 aromatic rings. The maximum absolute atomic E-state index is 13.0. The van der Waals surface area contributed by atoms with Crippen LogP contribution >= 0.6 is 0 Å². The van der Waals surface area contributed by atoms with E-state index in [1.807, 2.05) is 18.2 Å². The van der Waals surface area contributed by atoms with Gasteiger partial charge in [-0.2, -0.15) is 15.5 Å². The van der Waals surface area contributed by atoms with Crippen molar-refractivity contribution < 1.29 is 14.6 Å². The lowest BCUT2D eigenvalue weighted by atomic mass is 10.1. The Balaban J connectivity index is 1.75. The number of rotatable bonds is 6. The summed E-state index contributed by atoms with van der Waals surface area (Å²) >= 11 is 0. The number of aliphatic hydroxyl groups is 1. The fraction of sp³-hybridized carbons (Fsp3) is 0.227. The van der Waals surface area contributed by atoms with Crippen LogP contribution in [0.15, 0.2) is 48.9 Å². The Morgan fingerprint density at radius 1 is 1.31 bits per heavy atom. The number of anilines is 1. The molecule has 1 amide bonds. The molecule has 0 aliphatic heterocycles. The first-order valence-corrected chi connectivity index (χ1v) is 9.78. The van der Waals surface area contributed by atoms with Gasteiger partial charge in [0.25, 0.3) is 5.91 Å². The minimum Gasteiger partial charge on any atom is -0.494 e. The van der Waals surface area contributed by atoms with Crippen molar-refractivity contribution in [1.29, 1.82) is 5.26 Å². The molecule has 4 aromatic heterocycles. The van der Waals surface area contributed by atoms with E-state index >= 15 is 0 Å². The van der Waals surface area contributed by atoms with Gasteiger partial charge in [0.15, 0.2) is 11.4 Å². The predicted octanol–water partition coefficient (Wildman–Crippen LogP) is 2.50. The monoisotopic (exact) mass is 431 g/mol. The quantitative estimate of drug-likeness (QED) is 0.480. The van der Waals surface area contributed by atoms with Crippen LogP contribution in [0.4, 0.5) is 5.69 Å². The second kappa shape index (κ2) is 8.13. The summed E-state index contributed by atoms with van der Waals surface area (Å²) in [5, 5.41) is 31.2. The number of hydrogen-bond donors (Lipinski definition) is 2. The summed E-state index contributed by atoms with van der Waals surface area (Å²) in [7, 11) is 1.46. The molecule has 10 heteroatoms. The molecule has 0 aromatic carbocycles. The molecule has 32 heavy (non-hydrogen) atoms. The SMILES string of the molecule is COc1ccc(-c2nn(CC(C)(C)O)cc2NC(=O)c2cnn3ccccc23)nc1C#N. The van der Waals surface area contributed by atoms with Crippen molar-refractivity contribution in [2.75, 3.05) is 12.4 Å². The second-order valence-corrected chi connectivity index (χ2v) is 7.80.